The number of urea groups is 1. The van der Waals surface area contributed by atoms with Crippen LogP contribution in [0.4, 0.5) is 25.4 Å². The normalized spacial score (nSPS) is 14.8. The number of primary amides is 1. The SMILES string of the molecule is CCn1cc(C(=O)O)c(=O)c2cc(F)c(N3CCN(C(=O)OCc4ccc(NC(=O)[C@H](CCCNC(N)=O)N/C=C(\N)C5(CC(=O)OCc6ccccc6)CC5)cc4)CC3)cc21.N. The van der Waals surface area contributed by atoms with Crippen LogP contribution in [0.2, 0.25) is 0 Å². The van der Waals surface area contributed by atoms with Gasteiger partial charge in [-0.3, -0.25) is 14.4 Å². The molecular formula is C44H54FN9O9. The average Bonchev–Trinajstić information content (AvgIpc) is 4.05. The molecule has 0 spiro atoms. The molecule has 1 saturated carbocycles. The number of hydrogen-bond acceptors (Lipinski definition) is 12. The Morgan fingerprint density at radius 2 is 1.60 bits per heavy atom. The van der Waals surface area contributed by atoms with Crippen LogP contribution in [0.5, 0.6) is 0 Å². The van der Waals surface area contributed by atoms with Crippen LogP contribution in [0.25, 0.3) is 10.9 Å². The molecule has 63 heavy (non-hydrogen) atoms. The summed E-state index contributed by atoms with van der Waals surface area (Å²) in [6, 6.07) is 17.3. The number of amides is 4. The molecule has 2 heterocycles. The second kappa shape index (κ2) is 21.1. The Morgan fingerprint density at radius 1 is 0.937 bits per heavy atom. The molecule has 0 radical (unpaired) electrons. The van der Waals surface area contributed by atoms with Gasteiger partial charge >= 0.3 is 24.1 Å². The molecule has 1 aliphatic heterocycles. The number of allylic oxidation sites excluding steroid dienone is 1. The van der Waals surface area contributed by atoms with E-state index in [1.165, 1.54) is 17.2 Å². The predicted molar refractivity (Wildman–Crippen MR) is 233 cm³/mol. The summed E-state index contributed by atoms with van der Waals surface area (Å²) in [6.07, 6.45) is 4.53. The lowest BCUT2D eigenvalue weighted by Crippen LogP contribution is -2.49. The number of aryl methyl sites for hydroxylation is 1. The first kappa shape index (κ1) is 46.9. The number of esters is 1. The van der Waals surface area contributed by atoms with Gasteiger partial charge in [-0.2, -0.15) is 0 Å². The fraction of sp³-hybridized carbons (Fsp3) is 0.364. The summed E-state index contributed by atoms with van der Waals surface area (Å²) in [4.78, 5) is 78.0. The fourth-order valence-electron chi connectivity index (χ4n) is 7.27. The Kier molecular flexibility index (Phi) is 15.7. The number of piperazine rings is 1. The number of nitrogens with one attached hydrogen (secondary N) is 3. The number of nitrogens with zero attached hydrogens (tertiary/aromatic N) is 3. The first-order valence-electron chi connectivity index (χ1n) is 20.4. The van der Waals surface area contributed by atoms with Gasteiger partial charge in [0.1, 0.15) is 30.6 Å². The van der Waals surface area contributed by atoms with Crippen LogP contribution in [0, 0.1) is 11.2 Å². The molecule has 1 atom stereocenters. The number of carbonyl (C=O) groups excluding carboxylic acids is 4. The number of fused-ring (bicyclic) bond motifs is 1. The Labute approximate surface area is 362 Å². The van der Waals surface area contributed by atoms with Crippen LogP contribution in [0.1, 0.15) is 60.5 Å². The molecule has 0 unspecified atom stereocenters. The largest absolute Gasteiger partial charge is 0.477 e. The molecule has 4 amide bonds. The van der Waals surface area contributed by atoms with Gasteiger partial charge in [0.2, 0.25) is 11.3 Å². The summed E-state index contributed by atoms with van der Waals surface area (Å²) in [7, 11) is 0. The van der Waals surface area contributed by atoms with Crippen molar-refractivity contribution in [3.8, 4) is 0 Å². The van der Waals surface area contributed by atoms with E-state index in [2.05, 4.69) is 16.0 Å². The molecule has 0 bridgehead atoms. The Balaban J connectivity index is 0.00000748. The quantitative estimate of drug-likeness (QED) is 0.0535. The molecule has 2 fully saturated rings. The van der Waals surface area contributed by atoms with Gasteiger partial charge in [-0.1, -0.05) is 42.5 Å². The zero-order valence-electron chi connectivity index (χ0n) is 35.1. The van der Waals surface area contributed by atoms with Crippen LogP contribution >= 0.6 is 0 Å². The molecule has 1 aromatic heterocycles. The number of ether oxygens (including phenoxy) is 2. The third-order valence-electron chi connectivity index (χ3n) is 11.1. The molecule has 19 heteroatoms. The number of benzene rings is 3. The van der Waals surface area contributed by atoms with E-state index in [9.17, 15) is 33.9 Å². The molecule has 3 aromatic carbocycles. The third-order valence-corrected chi connectivity index (χ3v) is 11.1. The standard InChI is InChI=1S/C44H51FN8O9.H3N/c1-2-51-25-32(41(57)58)39(55)31-21-33(45)36(22-35(31)51)52-17-19-53(20-18-52)43(60)62-27-29-10-12-30(13-11-29)50-40(56)34(9-6-16-48-42(47)59)49-24-37(46)44(14-15-44)23-38(54)61-26-28-7-4-3-5-8-28;/h3-5,7-8,10-13,21-22,24-25,34,49H,2,6,9,14-20,23,26-27,46H2,1H3,(H,50,56)(H,57,58)(H3,47,48,59);1H3/b37-24-;/t34-;/m0./s1. The highest BCUT2D eigenvalue weighted by Gasteiger charge is 2.47. The van der Waals surface area contributed by atoms with Gasteiger partial charge < -0.3 is 62.5 Å². The second-order valence-electron chi connectivity index (χ2n) is 15.4. The van der Waals surface area contributed by atoms with Crippen molar-refractivity contribution in [2.75, 3.05) is 42.9 Å². The lowest BCUT2D eigenvalue weighted by atomic mass is 9.99. The number of carboxylic acid groups (broad SMARTS) is 1. The number of pyridine rings is 1. The second-order valence-corrected chi connectivity index (χ2v) is 15.4. The van der Waals surface area contributed by atoms with Crippen LogP contribution < -0.4 is 43.9 Å². The van der Waals surface area contributed by atoms with E-state index in [4.69, 9.17) is 20.9 Å². The fourth-order valence-corrected chi connectivity index (χ4v) is 7.27. The topological polar surface area (TPSA) is 276 Å². The van der Waals surface area contributed by atoms with Crippen LogP contribution in [0.3, 0.4) is 0 Å². The highest BCUT2D eigenvalue weighted by atomic mass is 19.1. The smallest absolute Gasteiger partial charge is 0.410 e. The van der Waals surface area contributed by atoms with Crippen molar-refractivity contribution < 1.29 is 42.9 Å². The van der Waals surface area contributed by atoms with Crippen molar-refractivity contribution in [1.29, 1.82) is 0 Å². The number of rotatable bonds is 18. The van der Waals surface area contributed by atoms with Crippen LogP contribution in [-0.4, -0.2) is 83.3 Å². The maximum absolute atomic E-state index is 15.3. The van der Waals surface area contributed by atoms with Crippen molar-refractivity contribution in [1.82, 2.24) is 26.3 Å². The number of anilines is 2. The monoisotopic (exact) mass is 871 g/mol. The van der Waals surface area contributed by atoms with Crippen molar-refractivity contribution in [2.24, 2.45) is 16.9 Å². The van der Waals surface area contributed by atoms with Crippen LogP contribution in [0.15, 0.2) is 89.6 Å². The molecule has 6 rings (SSSR count). The first-order valence-corrected chi connectivity index (χ1v) is 20.4. The van der Waals surface area contributed by atoms with Gasteiger partial charge in [0.15, 0.2) is 0 Å². The summed E-state index contributed by atoms with van der Waals surface area (Å²) < 4.78 is 28.0. The van der Waals surface area contributed by atoms with Crippen molar-refractivity contribution in [3.63, 3.8) is 0 Å². The zero-order valence-corrected chi connectivity index (χ0v) is 35.1. The maximum atomic E-state index is 15.3. The zero-order chi connectivity index (χ0) is 44.4. The van der Waals surface area contributed by atoms with E-state index in [0.717, 1.165) is 11.6 Å². The molecule has 2 aliphatic rings. The summed E-state index contributed by atoms with van der Waals surface area (Å²) >= 11 is 0. The van der Waals surface area contributed by atoms with Gasteiger partial charge in [-0.05, 0) is 68.0 Å². The van der Waals surface area contributed by atoms with Gasteiger partial charge in [0.25, 0.3) is 0 Å². The minimum atomic E-state index is -1.38. The Bertz CT molecular complexity index is 2380. The predicted octanol–water partition coefficient (Wildman–Crippen LogP) is 4.54. The summed E-state index contributed by atoms with van der Waals surface area (Å²) in [5.41, 5.74) is 13.0. The first-order chi connectivity index (χ1) is 29.8. The minimum Gasteiger partial charge on any atom is -0.477 e. The lowest BCUT2D eigenvalue weighted by Gasteiger charge is -2.35. The number of carboxylic acids is 1. The molecule has 1 saturated heterocycles. The van der Waals surface area contributed by atoms with Crippen molar-refractivity contribution in [2.45, 2.75) is 64.8 Å². The van der Waals surface area contributed by atoms with E-state index < -0.39 is 46.4 Å². The van der Waals surface area contributed by atoms with Gasteiger partial charge in [-0.25, -0.2) is 18.8 Å². The molecule has 1 aliphatic carbocycles. The molecule has 11 N–H and O–H groups in total. The Hall–Kier alpha value is -7.15. The number of hydrogen-bond donors (Lipinski definition) is 7. The van der Waals surface area contributed by atoms with Gasteiger partial charge in [0, 0.05) is 73.9 Å². The van der Waals surface area contributed by atoms with Crippen molar-refractivity contribution >= 4 is 52.2 Å². The van der Waals surface area contributed by atoms with E-state index in [1.54, 1.807) is 46.9 Å². The number of aromatic nitrogens is 1. The Morgan fingerprint density at radius 3 is 2.24 bits per heavy atom. The molecule has 4 aromatic rings. The third kappa shape index (κ3) is 12.0. The number of nitrogens with two attached hydrogens (primary N) is 2. The summed E-state index contributed by atoms with van der Waals surface area (Å²) in [6.45, 7) is 3.61. The summed E-state index contributed by atoms with van der Waals surface area (Å²) in [5.74, 6) is -2.78. The maximum Gasteiger partial charge on any atom is 0.410 e. The molecular weight excluding hydrogens is 818 g/mol. The van der Waals surface area contributed by atoms with Crippen LogP contribution in [-0.2, 0) is 38.8 Å². The highest BCUT2D eigenvalue weighted by Crippen LogP contribution is 2.53. The highest BCUT2D eigenvalue weighted by molar-refractivity contribution is 5.95. The van der Waals surface area contributed by atoms with Gasteiger partial charge in [0.05, 0.1) is 17.6 Å². The van der Waals surface area contributed by atoms with E-state index in [-0.39, 0.29) is 68.4 Å². The molecule has 336 valence electrons. The number of halogens is 1. The lowest BCUT2D eigenvalue weighted by molar-refractivity contribution is -0.146. The minimum absolute atomic E-state index is 0. The van der Waals surface area contributed by atoms with E-state index in [0.29, 0.717) is 67.8 Å². The van der Waals surface area contributed by atoms with Crippen molar-refractivity contribution in [3.05, 3.63) is 118 Å². The number of carbonyl (C=O) groups is 5. The number of aromatic carboxylic acids is 1. The summed E-state index contributed by atoms with van der Waals surface area (Å²) in [5, 5.41) is 17.9. The molecule has 18 nitrogen and oxygen atoms in total. The van der Waals surface area contributed by atoms with E-state index in [1.807, 2.05) is 30.3 Å². The van der Waals surface area contributed by atoms with Gasteiger partial charge in [-0.15, -0.1) is 0 Å². The average molecular weight is 872 g/mol. The van der Waals surface area contributed by atoms with E-state index >= 15 is 4.39 Å².